The highest BCUT2D eigenvalue weighted by molar-refractivity contribution is 5.94. The molecule has 0 amide bonds. The van der Waals surface area contributed by atoms with Gasteiger partial charge < -0.3 is 10.9 Å². The van der Waals surface area contributed by atoms with Crippen LogP contribution in [0.5, 0.6) is 0 Å². The molecule has 3 N–H and O–H groups in total. The zero-order valence-electron chi connectivity index (χ0n) is 11.7. The van der Waals surface area contributed by atoms with Gasteiger partial charge in [0.2, 0.25) is 5.84 Å². The third-order valence-corrected chi connectivity index (χ3v) is 3.20. The Kier molecular flexibility index (Phi) is 3.78. The molecule has 1 heterocycles. The van der Waals surface area contributed by atoms with Crippen LogP contribution in [-0.4, -0.2) is 21.0 Å². The molecule has 5 nitrogen and oxygen atoms in total. The molecular formula is C17H14N4O. The molecule has 0 radical (unpaired) electrons. The minimum atomic E-state index is -0.116. The molecule has 3 aromatic rings. The van der Waals surface area contributed by atoms with Crippen molar-refractivity contribution < 1.29 is 5.21 Å². The number of oxime groups is 1. The van der Waals surface area contributed by atoms with Crippen molar-refractivity contribution >= 4 is 5.84 Å². The summed E-state index contributed by atoms with van der Waals surface area (Å²) in [5.74, 6) is 0.0812. The highest BCUT2D eigenvalue weighted by atomic mass is 16.4. The van der Waals surface area contributed by atoms with Crippen LogP contribution >= 0.6 is 0 Å². The summed E-state index contributed by atoms with van der Waals surface area (Å²) < 4.78 is 0. The van der Waals surface area contributed by atoms with Gasteiger partial charge in [0, 0.05) is 11.1 Å². The summed E-state index contributed by atoms with van der Waals surface area (Å²) in [6.45, 7) is 0. The minimum absolute atomic E-state index is 0.116. The van der Waals surface area contributed by atoms with Crippen molar-refractivity contribution in [3.8, 4) is 22.5 Å². The summed E-state index contributed by atoms with van der Waals surface area (Å²) in [7, 11) is 0. The maximum atomic E-state index is 8.89. The van der Waals surface area contributed by atoms with Crippen molar-refractivity contribution in [3.63, 3.8) is 0 Å². The highest BCUT2D eigenvalue weighted by Gasteiger charge is 2.11. The van der Waals surface area contributed by atoms with E-state index in [2.05, 4.69) is 15.1 Å². The van der Waals surface area contributed by atoms with Gasteiger partial charge in [0.05, 0.1) is 11.4 Å². The van der Waals surface area contributed by atoms with E-state index in [9.17, 15) is 0 Å². The average Bonchev–Trinajstić information content (AvgIpc) is 2.62. The third kappa shape index (κ3) is 2.78. The van der Waals surface area contributed by atoms with Crippen molar-refractivity contribution in [2.75, 3.05) is 0 Å². The molecule has 0 aliphatic rings. The van der Waals surface area contributed by atoms with E-state index in [4.69, 9.17) is 10.9 Å². The smallest absolute Gasteiger partial charge is 0.208 e. The van der Waals surface area contributed by atoms with Gasteiger partial charge in [-0.25, -0.2) is 9.97 Å². The van der Waals surface area contributed by atoms with Gasteiger partial charge in [-0.05, 0) is 6.07 Å². The Labute approximate surface area is 127 Å². The summed E-state index contributed by atoms with van der Waals surface area (Å²) in [5, 5.41) is 11.9. The summed E-state index contributed by atoms with van der Waals surface area (Å²) in [6.07, 6.45) is 0. The molecule has 0 aliphatic heterocycles. The number of aromatic nitrogens is 2. The second-order valence-electron chi connectivity index (χ2n) is 4.68. The van der Waals surface area contributed by atoms with Gasteiger partial charge in [0.1, 0.15) is 0 Å². The minimum Gasteiger partial charge on any atom is -0.409 e. The Morgan fingerprint density at radius 1 is 0.818 bits per heavy atom. The Bertz CT molecular complexity index is 744. The van der Waals surface area contributed by atoms with Gasteiger partial charge in [-0.2, -0.15) is 0 Å². The maximum absolute atomic E-state index is 8.89. The molecule has 5 heteroatoms. The first kappa shape index (κ1) is 13.8. The van der Waals surface area contributed by atoms with Crippen LogP contribution in [0.2, 0.25) is 0 Å². The van der Waals surface area contributed by atoms with Crippen molar-refractivity contribution in [1.29, 1.82) is 0 Å². The second kappa shape index (κ2) is 6.05. The van der Waals surface area contributed by atoms with Crippen LogP contribution in [0.3, 0.4) is 0 Å². The molecule has 2 aromatic carbocycles. The lowest BCUT2D eigenvalue weighted by Crippen LogP contribution is -2.17. The first-order chi connectivity index (χ1) is 10.8. The molecule has 0 saturated heterocycles. The molecule has 0 aliphatic carbocycles. The molecule has 22 heavy (non-hydrogen) atoms. The predicted molar refractivity (Wildman–Crippen MR) is 85.4 cm³/mol. The lowest BCUT2D eigenvalue weighted by molar-refractivity contribution is 0.318. The van der Waals surface area contributed by atoms with Crippen molar-refractivity contribution in [2.24, 2.45) is 10.9 Å². The van der Waals surface area contributed by atoms with Crippen LogP contribution in [0.15, 0.2) is 71.9 Å². The Hall–Kier alpha value is -3.21. The van der Waals surface area contributed by atoms with Crippen LogP contribution in [0.25, 0.3) is 22.5 Å². The van der Waals surface area contributed by atoms with Crippen LogP contribution in [0.4, 0.5) is 0 Å². The summed E-state index contributed by atoms with van der Waals surface area (Å²) in [6, 6.07) is 21.3. The topological polar surface area (TPSA) is 84.4 Å². The average molecular weight is 290 g/mol. The van der Waals surface area contributed by atoms with Gasteiger partial charge in [-0.1, -0.05) is 65.8 Å². The Morgan fingerprint density at radius 3 is 1.68 bits per heavy atom. The summed E-state index contributed by atoms with van der Waals surface area (Å²) in [5.41, 5.74) is 8.98. The molecular weight excluding hydrogens is 276 g/mol. The fourth-order valence-corrected chi connectivity index (χ4v) is 2.12. The van der Waals surface area contributed by atoms with Gasteiger partial charge in [0.15, 0.2) is 5.82 Å². The fourth-order valence-electron chi connectivity index (χ4n) is 2.12. The van der Waals surface area contributed by atoms with Crippen molar-refractivity contribution in [3.05, 3.63) is 72.6 Å². The van der Waals surface area contributed by atoms with Crippen LogP contribution in [0, 0.1) is 0 Å². The zero-order chi connectivity index (χ0) is 15.4. The van der Waals surface area contributed by atoms with Gasteiger partial charge >= 0.3 is 0 Å². The molecule has 3 rings (SSSR count). The quantitative estimate of drug-likeness (QED) is 0.336. The van der Waals surface area contributed by atoms with Crippen LogP contribution in [0.1, 0.15) is 5.82 Å². The predicted octanol–water partition coefficient (Wildman–Crippen LogP) is 2.91. The van der Waals surface area contributed by atoms with E-state index in [-0.39, 0.29) is 11.7 Å². The number of benzene rings is 2. The van der Waals surface area contributed by atoms with E-state index in [0.29, 0.717) is 0 Å². The van der Waals surface area contributed by atoms with E-state index >= 15 is 0 Å². The summed E-state index contributed by atoms with van der Waals surface area (Å²) >= 11 is 0. The number of nitrogens with two attached hydrogens (primary N) is 1. The lowest BCUT2D eigenvalue weighted by atomic mass is 10.1. The maximum Gasteiger partial charge on any atom is 0.208 e. The first-order valence-corrected chi connectivity index (χ1v) is 6.76. The number of amidine groups is 1. The van der Waals surface area contributed by atoms with Gasteiger partial charge in [-0.3, -0.25) is 0 Å². The molecule has 0 saturated carbocycles. The Balaban J connectivity index is 2.19. The molecule has 0 spiro atoms. The van der Waals surface area contributed by atoms with E-state index in [1.165, 1.54) is 0 Å². The van der Waals surface area contributed by atoms with Crippen LogP contribution < -0.4 is 5.73 Å². The van der Waals surface area contributed by atoms with Crippen molar-refractivity contribution in [2.45, 2.75) is 0 Å². The monoisotopic (exact) mass is 290 g/mol. The van der Waals surface area contributed by atoms with Crippen LogP contribution in [-0.2, 0) is 0 Å². The summed E-state index contributed by atoms with van der Waals surface area (Å²) in [4.78, 5) is 8.75. The van der Waals surface area contributed by atoms with E-state index < -0.39 is 0 Å². The third-order valence-electron chi connectivity index (χ3n) is 3.20. The van der Waals surface area contributed by atoms with Gasteiger partial charge in [-0.15, -0.1) is 0 Å². The fraction of sp³-hybridized carbons (Fsp3) is 0. The van der Waals surface area contributed by atoms with E-state index in [0.717, 1.165) is 22.5 Å². The second-order valence-corrected chi connectivity index (χ2v) is 4.68. The lowest BCUT2D eigenvalue weighted by Gasteiger charge is -2.08. The largest absolute Gasteiger partial charge is 0.409 e. The molecule has 108 valence electrons. The molecule has 0 fully saturated rings. The molecule has 0 bridgehead atoms. The number of hydrogen-bond acceptors (Lipinski definition) is 4. The number of hydrogen-bond donors (Lipinski definition) is 2. The number of nitrogens with zero attached hydrogens (tertiary/aromatic N) is 3. The SMILES string of the molecule is NC(=NO)c1nc(-c2ccccc2)cc(-c2ccccc2)n1. The first-order valence-electron chi connectivity index (χ1n) is 6.76. The van der Waals surface area contributed by atoms with E-state index in [1.54, 1.807) is 0 Å². The van der Waals surface area contributed by atoms with E-state index in [1.807, 2.05) is 66.7 Å². The van der Waals surface area contributed by atoms with Crippen molar-refractivity contribution in [1.82, 2.24) is 9.97 Å². The standard InChI is InChI=1S/C17H14N4O/c18-16(21-22)17-19-14(12-7-3-1-4-8-12)11-15(20-17)13-9-5-2-6-10-13/h1-11,22H,(H2,18,21). The molecule has 0 unspecified atom stereocenters. The normalized spacial score (nSPS) is 11.4. The zero-order valence-corrected chi connectivity index (χ0v) is 11.7. The Morgan fingerprint density at radius 2 is 1.27 bits per heavy atom. The number of rotatable bonds is 3. The molecule has 1 aromatic heterocycles. The van der Waals surface area contributed by atoms with Gasteiger partial charge in [0.25, 0.3) is 0 Å². The highest BCUT2D eigenvalue weighted by Crippen LogP contribution is 2.23. The molecule has 0 atom stereocenters.